The quantitative estimate of drug-likeness (QED) is 0.858. The highest BCUT2D eigenvalue weighted by Crippen LogP contribution is 2.23. The summed E-state index contributed by atoms with van der Waals surface area (Å²) in [5.41, 5.74) is 1.23. The van der Waals surface area contributed by atoms with Crippen LogP contribution in [0.3, 0.4) is 0 Å². The van der Waals surface area contributed by atoms with Crippen molar-refractivity contribution in [1.82, 2.24) is 9.80 Å². The number of aryl methyl sites for hydroxylation is 2. The van der Waals surface area contributed by atoms with E-state index in [0.717, 1.165) is 37.6 Å². The number of amides is 1. The summed E-state index contributed by atoms with van der Waals surface area (Å²) in [6.07, 6.45) is 0.415. The number of hydrogen-bond donors (Lipinski definition) is 1. The molecule has 124 valence electrons. The molecule has 0 radical (unpaired) electrons. The van der Waals surface area contributed by atoms with Crippen molar-refractivity contribution in [3.05, 3.63) is 21.4 Å². The molecule has 1 aromatic rings. The van der Waals surface area contributed by atoms with E-state index in [1.54, 1.807) is 11.9 Å². The van der Waals surface area contributed by atoms with Gasteiger partial charge < -0.3 is 14.7 Å². The summed E-state index contributed by atoms with van der Waals surface area (Å²) in [7, 11) is 1.76. The highest BCUT2D eigenvalue weighted by Gasteiger charge is 2.20. The standard InChI is InChI=1S/C16H26N2O3S/c1-4-13-9-15(22-12(13)2)16(20)17(3)10-14(19)11-18-5-7-21-8-6-18/h9,14,19H,4-8,10-11H2,1-3H3. The summed E-state index contributed by atoms with van der Waals surface area (Å²) in [6, 6.07) is 1.98. The normalized spacial score (nSPS) is 17.5. The van der Waals surface area contributed by atoms with Gasteiger partial charge in [0.25, 0.3) is 5.91 Å². The van der Waals surface area contributed by atoms with Crippen LogP contribution in [0.1, 0.15) is 27.0 Å². The predicted molar refractivity (Wildman–Crippen MR) is 88.7 cm³/mol. The van der Waals surface area contributed by atoms with E-state index in [0.29, 0.717) is 13.1 Å². The first-order valence-electron chi connectivity index (χ1n) is 7.84. The molecule has 1 atom stereocenters. The van der Waals surface area contributed by atoms with Gasteiger partial charge in [-0.15, -0.1) is 11.3 Å². The van der Waals surface area contributed by atoms with Gasteiger partial charge in [0.2, 0.25) is 0 Å². The fraction of sp³-hybridized carbons (Fsp3) is 0.688. The Balaban J connectivity index is 1.86. The second-order valence-corrected chi connectivity index (χ2v) is 7.05. The topological polar surface area (TPSA) is 53.0 Å². The van der Waals surface area contributed by atoms with Crippen LogP contribution in [0.25, 0.3) is 0 Å². The number of thiophene rings is 1. The average Bonchev–Trinajstić information content (AvgIpc) is 2.88. The van der Waals surface area contributed by atoms with Gasteiger partial charge in [-0.3, -0.25) is 9.69 Å². The van der Waals surface area contributed by atoms with Gasteiger partial charge in [0, 0.05) is 38.1 Å². The number of nitrogens with zero attached hydrogens (tertiary/aromatic N) is 2. The van der Waals surface area contributed by atoms with E-state index in [1.165, 1.54) is 21.8 Å². The number of aliphatic hydroxyl groups is 1. The first-order chi connectivity index (χ1) is 10.5. The van der Waals surface area contributed by atoms with Crippen LogP contribution in [0.2, 0.25) is 0 Å². The maximum absolute atomic E-state index is 12.4. The maximum Gasteiger partial charge on any atom is 0.263 e. The number of likely N-dealkylation sites (N-methyl/N-ethyl adjacent to an activating group) is 1. The zero-order valence-corrected chi connectivity index (χ0v) is 14.5. The molecule has 6 heteroatoms. The Morgan fingerprint density at radius 3 is 2.77 bits per heavy atom. The van der Waals surface area contributed by atoms with Crippen molar-refractivity contribution in [2.45, 2.75) is 26.4 Å². The monoisotopic (exact) mass is 326 g/mol. The molecule has 1 fully saturated rings. The molecular weight excluding hydrogens is 300 g/mol. The molecule has 2 rings (SSSR count). The zero-order valence-electron chi connectivity index (χ0n) is 13.7. The smallest absolute Gasteiger partial charge is 0.263 e. The number of β-amino-alcohol motifs (C(OH)–C–C–N with tert-alkyl or cyclic N) is 1. The lowest BCUT2D eigenvalue weighted by molar-refractivity contribution is 0.00883. The lowest BCUT2D eigenvalue weighted by Gasteiger charge is -2.30. The van der Waals surface area contributed by atoms with E-state index in [-0.39, 0.29) is 5.91 Å². The number of carbonyl (C=O) groups is 1. The Hall–Kier alpha value is -0.950. The summed E-state index contributed by atoms with van der Waals surface area (Å²) in [6.45, 7) is 8.22. The van der Waals surface area contributed by atoms with E-state index >= 15 is 0 Å². The molecule has 1 saturated heterocycles. The molecule has 22 heavy (non-hydrogen) atoms. The third-order valence-electron chi connectivity index (χ3n) is 4.02. The Kier molecular flexibility index (Phi) is 6.37. The lowest BCUT2D eigenvalue weighted by Crippen LogP contribution is -2.44. The minimum Gasteiger partial charge on any atom is -0.390 e. The molecule has 0 spiro atoms. The lowest BCUT2D eigenvalue weighted by atomic mass is 10.2. The van der Waals surface area contributed by atoms with Crippen LogP contribution in [0.15, 0.2) is 6.07 Å². The van der Waals surface area contributed by atoms with Crippen molar-refractivity contribution >= 4 is 17.2 Å². The van der Waals surface area contributed by atoms with Crippen molar-refractivity contribution in [2.24, 2.45) is 0 Å². The van der Waals surface area contributed by atoms with Crippen LogP contribution in [0.4, 0.5) is 0 Å². The minimum atomic E-state index is -0.529. The third kappa shape index (κ3) is 4.52. The molecule has 1 aliphatic heterocycles. The van der Waals surface area contributed by atoms with Crippen molar-refractivity contribution in [3.63, 3.8) is 0 Å². The number of morpholine rings is 1. The van der Waals surface area contributed by atoms with Crippen molar-refractivity contribution < 1.29 is 14.6 Å². The van der Waals surface area contributed by atoms with Gasteiger partial charge in [0.05, 0.1) is 24.2 Å². The van der Waals surface area contributed by atoms with Crippen LogP contribution >= 0.6 is 11.3 Å². The summed E-state index contributed by atoms with van der Waals surface area (Å²) < 4.78 is 5.30. The molecule has 1 aliphatic rings. The number of aliphatic hydroxyl groups excluding tert-OH is 1. The summed E-state index contributed by atoms with van der Waals surface area (Å²) in [4.78, 5) is 18.2. The van der Waals surface area contributed by atoms with Gasteiger partial charge in [-0.2, -0.15) is 0 Å². The van der Waals surface area contributed by atoms with Crippen LogP contribution in [-0.2, 0) is 11.2 Å². The Labute approximate surface area is 136 Å². The average molecular weight is 326 g/mol. The van der Waals surface area contributed by atoms with Gasteiger partial charge in [0.15, 0.2) is 0 Å². The Morgan fingerprint density at radius 1 is 1.50 bits per heavy atom. The first kappa shape index (κ1) is 17.4. The summed E-state index contributed by atoms with van der Waals surface area (Å²) in [5.74, 6) is -0.00572. The SMILES string of the molecule is CCc1cc(C(=O)N(C)CC(O)CN2CCOCC2)sc1C. The molecule has 1 amide bonds. The summed E-state index contributed by atoms with van der Waals surface area (Å²) >= 11 is 1.54. The number of hydrogen-bond acceptors (Lipinski definition) is 5. The molecule has 0 aliphatic carbocycles. The van der Waals surface area contributed by atoms with E-state index in [2.05, 4.69) is 11.8 Å². The molecule has 1 N–H and O–H groups in total. The Morgan fingerprint density at radius 2 is 2.18 bits per heavy atom. The second-order valence-electron chi connectivity index (χ2n) is 5.80. The number of ether oxygens (including phenoxy) is 1. The highest BCUT2D eigenvalue weighted by atomic mass is 32.1. The van der Waals surface area contributed by atoms with E-state index in [1.807, 2.05) is 13.0 Å². The molecule has 0 bridgehead atoms. The van der Waals surface area contributed by atoms with Crippen LogP contribution in [0.5, 0.6) is 0 Å². The molecule has 1 aromatic heterocycles. The molecule has 0 saturated carbocycles. The molecule has 0 aromatic carbocycles. The molecule has 1 unspecified atom stereocenters. The van der Waals surface area contributed by atoms with E-state index in [4.69, 9.17) is 4.74 Å². The largest absolute Gasteiger partial charge is 0.390 e. The van der Waals surface area contributed by atoms with Gasteiger partial charge in [-0.1, -0.05) is 6.92 Å². The zero-order chi connectivity index (χ0) is 16.1. The number of carbonyl (C=O) groups excluding carboxylic acids is 1. The van der Waals surface area contributed by atoms with Gasteiger partial charge in [-0.05, 0) is 25.0 Å². The second kappa shape index (κ2) is 8.06. The molecule has 2 heterocycles. The fourth-order valence-corrected chi connectivity index (χ4v) is 3.81. The van der Waals surface area contributed by atoms with E-state index in [9.17, 15) is 9.90 Å². The maximum atomic E-state index is 12.4. The van der Waals surface area contributed by atoms with Crippen molar-refractivity contribution in [2.75, 3.05) is 46.4 Å². The third-order valence-corrected chi connectivity index (χ3v) is 5.10. The first-order valence-corrected chi connectivity index (χ1v) is 8.65. The van der Waals surface area contributed by atoms with Crippen LogP contribution in [0, 0.1) is 6.92 Å². The predicted octanol–water partition coefficient (Wildman–Crippen LogP) is 1.38. The molecule has 5 nitrogen and oxygen atoms in total. The van der Waals surface area contributed by atoms with E-state index < -0.39 is 6.10 Å². The van der Waals surface area contributed by atoms with Crippen LogP contribution < -0.4 is 0 Å². The Bertz CT molecular complexity index is 498. The van der Waals surface area contributed by atoms with Crippen LogP contribution in [-0.4, -0.2) is 73.4 Å². The van der Waals surface area contributed by atoms with Crippen molar-refractivity contribution in [3.8, 4) is 0 Å². The molecular formula is C16H26N2O3S. The fourth-order valence-electron chi connectivity index (χ4n) is 2.70. The highest BCUT2D eigenvalue weighted by molar-refractivity contribution is 7.14. The minimum absolute atomic E-state index is 0.00572. The van der Waals surface area contributed by atoms with Gasteiger partial charge >= 0.3 is 0 Å². The van der Waals surface area contributed by atoms with Gasteiger partial charge in [-0.25, -0.2) is 0 Å². The van der Waals surface area contributed by atoms with Gasteiger partial charge in [0.1, 0.15) is 0 Å². The van der Waals surface area contributed by atoms with Crippen molar-refractivity contribution in [1.29, 1.82) is 0 Å². The number of rotatable bonds is 6. The summed E-state index contributed by atoms with van der Waals surface area (Å²) in [5, 5.41) is 10.2.